The number of nitrogens with one attached hydrogen (secondary N) is 1. The number of amides is 1. The maximum absolute atomic E-state index is 12.0. The standard InChI is InChI=1S/C13H12ClN3O/c1-8-6-7-15-12(14)11(8)17-13(18)10-5-3-4-9(2)16-10/h3-7H,1-2H3,(H,17,18). The molecule has 0 radical (unpaired) electrons. The Morgan fingerprint density at radius 2 is 2.06 bits per heavy atom. The molecule has 1 amide bonds. The fourth-order valence-corrected chi connectivity index (χ4v) is 1.77. The van der Waals surface area contributed by atoms with Gasteiger partial charge in [-0.25, -0.2) is 9.97 Å². The minimum atomic E-state index is -0.295. The van der Waals surface area contributed by atoms with E-state index in [0.717, 1.165) is 11.3 Å². The number of aryl methyl sites for hydroxylation is 2. The molecule has 0 spiro atoms. The normalized spacial score (nSPS) is 10.2. The summed E-state index contributed by atoms with van der Waals surface area (Å²) in [5, 5.41) is 3.00. The fourth-order valence-electron chi connectivity index (χ4n) is 1.52. The molecule has 2 aromatic heterocycles. The molecule has 18 heavy (non-hydrogen) atoms. The van der Waals surface area contributed by atoms with Crippen LogP contribution in [0.25, 0.3) is 0 Å². The first-order valence-electron chi connectivity index (χ1n) is 5.44. The van der Waals surface area contributed by atoms with E-state index in [2.05, 4.69) is 15.3 Å². The van der Waals surface area contributed by atoms with Gasteiger partial charge in [0, 0.05) is 11.9 Å². The first-order valence-corrected chi connectivity index (χ1v) is 5.82. The zero-order valence-corrected chi connectivity index (χ0v) is 10.8. The number of nitrogens with zero attached hydrogens (tertiary/aromatic N) is 2. The van der Waals surface area contributed by atoms with Crippen LogP contribution in [0.2, 0.25) is 5.15 Å². The van der Waals surface area contributed by atoms with Gasteiger partial charge in [0.25, 0.3) is 5.91 Å². The zero-order chi connectivity index (χ0) is 13.1. The minimum Gasteiger partial charge on any atom is -0.318 e. The van der Waals surface area contributed by atoms with Crippen molar-refractivity contribution in [3.63, 3.8) is 0 Å². The number of pyridine rings is 2. The average Bonchev–Trinajstić information content (AvgIpc) is 2.34. The summed E-state index contributed by atoms with van der Waals surface area (Å²) in [7, 11) is 0. The molecular weight excluding hydrogens is 250 g/mol. The van der Waals surface area contributed by atoms with Gasteiger partial charge in [0.1, 0.15) is 5.69 Å². The van der Waals surface area contributed by atoms with Gasteiger partial charge in [-0.05, 0) is 37.6 Å². The number of hydrogen-bond donors (Lipinski definition) is 1. The van der Waals surface area contributed by atoms with Crippen LogP contribution in [0.4, 0.5) is 5.69 Å². The Bertz CT molecular complexity index is 578. The SMILES string of the molecule is Cc1cccc(C(=O)Nc2c(C)ccnc2Cl)n1. The lowest BCUT2D eigenvalue weighted by Crippen LogP contribution is -2.15. The maximum Gasteiger partial charge on any atom is 0.274 e. The quantitative estimate of drug-likeness (QED) is 0.846. The van der Waals surface area contributed by atoms with Crippen LogP contribution in [0.15, 0.2) is 30.5 Å². The Hall–Kier alpha value is -1.94. The highest BCUT2D eigenvalue weighted by molar-refractivity contribution is 6.32. The van der Waals surface area contributed by atoms with Gasteiger partial charge in [0.2, 0.25) is 0 Å². The summed E-state index contributed by atoms with van der Waals surface area (Å²) in [6.45, 7) is 3.69. The van der Waals surface area contributed by atoms with Gasteiger partial charge in [0.15, 0.2) is 5.15 Å². The molecule has 1 N–H and O–H groups in total. The minimum absolute atomic E-state index is 0.274. The molecule has 0 atom stereocenters. The van der Waals surface area contributed by atoms with Crippen molar-refractivity contribution in [3.05, 3.63) is 52.6 Å². The average molecular weight is 262 g/mol. The van der Waals surface area contributed by atoms with E-state index in [9.17, 15) is 4.79 Å². The van der Waals surface area contributed by atoms with E-state index >= 15 is 0 Å². The van der Waals surface area contributed by atoms with Crippen LogP contribution in [0.1, 0.15) is 21.7 Å². The van der Waals surface area contributed by atoms with Crippen molar-refractivity contribution in [2.45, 2.75) is 13.8 Å². The molecule has 4 nitrogen and oxygen atoms in total. The van der Waals surface area contributed by atoms with E-state index < -0.39 is 0 Å². The molecule has 0 aliphatic rings. The second kappa shape index (κ2) is 5.14. The van der Waals surface area contributed by atoms with Crippen LogP contribution in [0, 0.1) is 13.8 Å². The molecule has 0 bridgehead atoms. The number of aromatic nitrogens is 2. The van der Waals surface area contributed by atoms with E-state index in [1.165, 1.54) is 0 Å². The number of halogens is 1. The molecule has 0 aliphatic heterocycles. The molecule has 0 saturated heterocycles. The van der Waals surface area contributed by atoms with Crippen LogP contribution in [-0.2, 0) is 0 Å². The lowest BCUT2D eigenvalue weighted by molar-refractivity contribution is 0.102. The van der Waals surface area contributed by atoms with Crippen LogP contribution < -0.4 is 5.32 Å². The van der Waals surface area contributed by atoms with Crippen molar-refractivity contribution in [1.29, 1.82) is 0 Å². The number of carbonyl (C=O) groups is 1. The fraction of sp³-hybridized carbons (Fsp3) is 0.154. The highest BCUT2D eigenvalue weighted by Gasteiger charge is 2.12. The Kier molecular flexibility index (Phi) is 3.58. The lowest BCUT2D eigenvalue weighted by atomic mass is 10.2. The molecule has 0 aliphatic carbocycles. The third-order valence-electron chi connectivity index (χ3n) is 2.47. The van der Waals surface area contributed by atoms with Crippen molar-refractivity contribution in [2.24, 2.45) is 0 Å². The van der Waals surface area contributed by atoms with Crippen LogP contribution in [-0.4, -0.2) is 15.9 Å². The summed E-state index contributed by atoms with van der Waals surface area (Å²) in [5.74, 6) is -0.295. The van der Waals surface area contributed by atoms with Gasteiger partial charge in [-0.1, -0.05) is 17.7 Å². The summed E-state index contributed by atoms with van der Waals surface area (Å²) in [6, 6.07) is 7.06. The van der Waals surface area contributed by atoms with E-state index in [0.29, 0.717) is 11.4 Å². The second-order valence-corrected chi connectivity index (χ2v) is 4.27. The Balaban J connectivity index is 2.27. The summed E-state index contributed by atoms with van der Waals surface area (Å²) in [5.41, 5.74) is 2.52. The molecule has 0 unspecified atom stereocenters. The second-order valence-electron chi connectivity index (χ2n) is 3.91. The van der Waals surface area contributed by atoms with Crippen molar-refractivity contribution in [2.75, 3.05) is 5.32 Å². The topological polar surface area (TPSA) is 54.9 Å². The third kappa shape index (κ3) is 2.65. The van der Waals surface area contributed by atoms with Crippen LogP contribution >= 0.6 is 11.6 Å². The third-order valence-corrected chi connectivity index (χ3v) is 2.76. The molecule has 5 heteroatoms. The monoisotopic (exact) mass is 261 g/mol. The predicted molar refractivity (Wildman–Crippen MR) is 70.9 cm³/mol. The Labute approximate surface area is 110 Å². The highest BCUT2D eigenvalue weighted by Crippen LogP contribution is 2.23. The zero-order valence-electron chi connectivity index (χ0n) is 10.1. The lowest BCUT2D eigenvalue weighted by Gasteiger charge is -2.09. The van der Waals surface area contributed by atoms with Gasteiger partial charge < -0.3 is 5.32 Å². The van der Waals surface area contributed by atoms with Gasteiger partial charge in [0.05, 0.1) is 5.69 Å². The van der Waals surface area contributed by atoms with Crippen molar-refractivity contribution >= 4 is 23.2 Å². The van der Waals surface area contributed by atoms with Gasteiger partial charge in [-0.3, -0.25) is 4.79 Å². The largest absolute Gasteiger partial charge is 0.318 e. The number of hydrogen-bond acceptors (Lipinski definition) is 3. The van der Waals surface area contributed by atoms with Crippen LogP contribution in [0.5, 0.6) is 0 Å². The molecule has 0 saturated carbocycles. The number of rotatable bonds is 2. The van der Waals surface area contributed by atoms with E-state index in [1.54, 1.807) is 24.4 Å². The molecule has 0 aromatic carbocycles. The molecule has 0 fully saturated rings. The summed E-state index contributed by atoms with van der Waals surface area (Å²) in [6.07, 6.45) is 1.60. The maximum atomic E-state index is 12.0. The van der Waals surface area contributed by atoms with Gasteiger partial charge in [-0.2, -0.15) is 0 Å². The Morgan fingerprint density at radius 3 is 2.72 bits per heavy atom. The van der Waals surface area contributed by atoms with Crippen molar-refractivity contribution in [3.8, 4) is 0 Å². The van der Waals surface area contributed by atoms with Crippen LogP contribution in [0.3, 0.4) is 0 Å². The van der Waals surface area contributed by atoms with Crippen molar-refractivity contribution < 1.29 is 4.79 Å². The molecular formula is C13H12ClN3O. The summed E-state index contributed by atoms with van der Waals surface area (Å²) >= 11 is 5.95. The summed E-state index contributed by atoms with van der Waals surface area (Å²) in [4.78, 5) is 20.1. The van der Waals surface area contributed by atoms with Gasteiger partial charge >= 0.3 is 0 Å². The van der Waals surface area contributed by atoms with E-state index in [4.69, 9.17) is 11.6 Å². The predicted octanol–water partition coefficient (Wildman–Crippen LogP) is 3.00. The number of anilines is 1. The molecule has 2 aromatic rings. The molecule has 2 rings (SSSR count). The van der Waals surface area contributed by atoms with E-state index in [-0.39, 0.29) is 11.1 Å². The smallest absolute Gasteiger partial charge is 0.274 e. The number of carbonyl (C=O) groups excluding carboxylic acids is 1. The Morgan fingerprint density at radius 1 is 1.28 bits per heavy atom. The first-order chi connectivity index (χ1) is 8.58. The molecule has 2 heterocycles. The molecule has 92 valence electrons. The van der Waals surface area contributed by atoms with Gasteiger partial charge in [-0.15, -0.1) is 0 Å². The first kappa shape index (κ1) is 12.5. The highest BCUT2D eigenvalue weighted by atomic mass is 35.5. The van der Waals surface area contributed by atoms with Crippen molar-refractivity contribution in [1.82, 2.24) is 9.97 Å². The van der Waals surface area contributed by atoms with E-state index in [1.807, 2.05) is 19.9 Å². The summed E-state index contributed by atoms with van der Waals surface area (Å²) < 4.78 is 0.